The zero-order valence-electron chi connectivity index (χ0n) is 15.2. The van der Waals surface area contributed by atoms with Gasteiger partial charge in [0.15, 0.2) is 0 Å². The van der Waals surface area contributed by atoms with Crippen LogP contribution in [0.3, 0.4) is 0 Å². The van der Waals surface area contributed by atoms with Gasteiger partial charge in [-0.25, -0.2) is 0 Å². The first-order valence-electron chi connectivity index (χ1n) is 8.77. The van der Waals surface area contributed by atoms with E-state index >= 15 is 0 Å². The summed E-state index contributed by atoms with van der Waals surface area (Å²) in [4.78, 5) is 0. The zero-order chi connectivity index (χ0) is 16.6. The number of hydrogen-bond acceptors (Lipinski definition) is 2. The average molecular weight is 323 g/mol. The van der Waals surface area contributed by atoms with E-state index in [2.05, 4.69) is 39.8 Å². The second-order valence-electron chi connectivity index (χ2n) is 7.38. The van der Waals surface area contributed by atoms with Crippen molar-refractivity contribution in [2.75, 3.05) is 5.75 Å². The van der Waals surface area contributed by atoms with Gasteiger partial charge in [0.25, 0.3) is 0 Å². The molecule has 126 valence electrons. The van der Waals surface area contributed by atoms with Gasteiger partial charge in [-0.3, -0.25) is 0 Å². The van der Waals surface area contributed by atoms with Crippen molar-refractivity contribution in [1.82, 2.24) is 0 Å². The Morgan fingerprint density at radius 3 is 2.27 bits per heavy atom. The molecule has 0 spiro atoms. The molecule has 1 N–H and O–H groups in total. The highest BCUT2D eigenvalue weighted by Gasteiger charge is 2.20. The summed E-state index contributed by atoms with van der Waals surface area (Å²) in [6, 6.07) is 4.33. The quantitative estimate of drug-likeness (QED) is 0.517. The molecule has 1 aromatic carbocycles. The third-order valence-electron chi connectivity index (χ3n) is 4.08. The van der Waals surface area contributed by atoms with Gasteiger partial charge in [-0.1, -0.05) is 71.9 Å². The fourth-order valence-electron chi connectivity index (χ4n) is 2.68. The Morgan fingerprint density at radius 1 is 1.00 bits per heavy atom. The summed E-state index contributed by atoms with van der Waals surface area (Å²) in [5.41, 5.74) is 3.41. The zero-order valence-corrected chi connectivity index (χ0v) is 16.0. The lowest BCUT2D eigenvalue weighted by Gasteiger charge is -2.22. The van der Waals surface area contributed by atoms with E-state index < -0.39 is 0 Å². The van der Waals surface area contributed by atoms with E-state index in [0.29, 0.717) is 5.75 Å². The van der Waals surface area contributed by atoms with Crippen LogP contribution in [0.25, 0.3) is 0 Å². The monoisotopic (exact) mass is 322 g/mol. The van der Waals surface area contributed by atoms with Crippen LogP contribution in [0.15, 0.2) is 12.1 Å². The molecule has 2 heteroatoms. The van der Waals surface area contributed by atoms with Crippen LogP contribution in [0.5, 0.6) is 5.75 Å². The van der Waals surface area contributed by atoms with Crippen LogP contribution in [0, 0.1) is 6.92 Å². The number of aryl methyl sites for hydroxylation is 1. The Bertz CT molecular complexity index is 446. The van der Waals surface area contributed by atoms with Gasteiger partial charge in [0, 0.05) is 5.75 Å². The molecule has 0 amide bonds. The van der Waals surface area contributed by atoms with Crippen molar-refractivity contribution in [2.45, 2.75) is 84.3 Å². The largest absolute Gasteiger partial charge is 0.507 e. The Kier molecular flexibility index (Phi) is 8.38. The smallest absolute Gasteiger partial charge is 0.122 e. The first-order valence-corrected chi connectivity index (χ1v) is 9.92. The van der Waals surface area contributed by atoms with Gasteiger partial charge >= 0.3 is 0 Å². The standard InChI is InChI=1S/C20H34OS/c1-6-7-8-9-10-11-12-22-15-17-13-16(2)19(21)18(14-17)20(3,4)5/h13-14,21H,6-12,15H2,1-5H3. The molecular formula is C20H34OS. The van der Waals surface area contributed by atoms with Gasteiger partial charge in [0.1, 0.15) is 5.75 Å². The van der Waals surface area contributed by atoms with E-state index in [-0.39, 0.29) is 5.41 Å². The van der Waals surface area contributed by atoms with Crippen molar-refractivity contribution in [1.29, 1.82) is 0 Å². The number of thioether (sulfide) groups is 1. The summed E-state index contributed by atoms with van der Waals surface area (Å²) < 4.78 is 0. The van der Waals surface area contributed by atoms with E-state index in [1.54, 1.807) is 0 Å². The number of rotatable bonds is 9. The van der Waals surface area contributed by atoms with E-state index in [4.69, 9.17) is 0 Å². The third kappa shape index (κ3) is 6.64. The van der Waals surface area contributed by atoms with Crippen LogP contribution in [0.4, 0.5) is 0 Å². The second-order valence-corrected chi connectivity index (χ2v) is 8.48. The molecule has 1 aromatic rings. The van der Waals surface area contributed by atoms with Crippen molar-refractivity contribution in [3.8, 4) is 5.75 Å². The van der Waals surface area contributed by atoms with Crippen LogP contribution < -0.4 is 0 Å². The fourth-order valence-corrected chi connectivity index (χ4v) is 3.64. The van der Waals surface area contributed by atoms with Crippen molar-refractivity contribution in [3.63, 3.8) is 0 Å². The van der Waals surface area contributed by atoms with Crippen LogP contribution >= 0.6 is 11.8 Å². The third-order valence-corrected chi connectivity index (χ3v) is 5.19. The maximum Gasteiger partial charge on any atom is 0.122 e. The molecule has 1 nitrogen and oxygen atoms in total. The SMILES string of the molecule is CCCCCCCCSCc1cc(C)c(O)c(C(C)(C)C)c1. The molecule has 0 saturated carbocycles. The molecule has 0 atom stereocenters. The van der Waals surface area contributed by atoms with E-state index in [1.165, 1.54) is 49.8 Å². The predicted molar refractivity (Wildman–Crippen MR) is 101 cm³/mol. The molecule has 22 heavy (non-hydrogen) atoms. The topological polar surface area (TPSA) is 20.2 Å². The molecule has 0 aromatic heterocycles. The minimum absolute atomic E-state index is 0.00516. The molecule has 0 heterocycles. The van der Waals surface area contributed by atoms with Gasteiger partial charge in [0.05, 0.1) is 0 Å². The second kappa shape index (κ2) is 9.50. The van der Waals surface area contributed by atoms with Crippen molar-refractivity contribution < 1.29 is 5.11 Å². The lowest BCUT2D eigenvalue weighted by atomic mass is 9.84. The van der Waals surface area contributed by atoms with E-state index in [1.807, 2.05) is 18.7 Å². The normalized spacial score (nSPS) is 11.9. The van der Waals surface area contributed by atoms with Crippen LogP contribution in [0.2, 0.25) is 0 Å². The maximum atomic E-state index is 10.3. The van der Waals surface area contributed by atoms with Crippen molar-refractivity contribution in [2.24, 2.45) is 0 Å². The van der Waals surface area contributed by atoms with Gasteiger partial charge in [-0.15, -0.1) is 0 Å². The molecule has 0 unspecified atom stereocenters. The highest BCUT2D eigenvalue weighted by atomic mass is 32.2. The number of aromatic hydroxyl groups is 1. The highest BCUT2D eigenvalue weighted by Crippen LogP contribution is 2.34. The average Bonchev–Trinajstić information content (AvgIpc) is 2.44. The minimum atomic E-state index is -0.00516. The Balaban J connectivity index is 2.42. The van der Waals surface area contributed by atoms with Crippen LogP contribution in [0.1, 0.15) is 82.9 Å². The summed E-state index contributed by atoms with van der Waals surface area (Å²) in [6.07, 6.45) is 8.20. The Morgan fingerprint density at radius 2 is 1.64 bits per heavy atom. The molecule has 0 aliphatic heterocycles. The molecule has 0 aliphatic rings. The molecule has 0 saturated heterocycles. The number of hydrogen-bond donors (Lipinski definition) is 1. The molecule has 1 rings (SSSR count). The Hall–Kier alpha value is -0.630. The highest BCUT2D eigenvalue weighted by molar-refractivity contribution is 7.98. The predicted octanol–water partition coefficient (Wildman–Crippen LogP) is 6.59. The first-order chi connectivity index (χ1) is 10.4. The summed E-state index contributed by atoms with van der Waals surface area (Å²) in [5, 5.41) is 10.3. The molecular weight excluding hydrogens is 288 g/mol. The summed E-state index contributed by atoms with van der Waals surface area (Å²) in [5.74, 6) is 2.77. The Labute approximate surface area is 141 Å². The minimum Gasteiger partial charge on any atom is -0.507 e. The summed E-state index contributed by atoms with van der Waals surface area (Å²) in [7, 11) is 0. The lowest BCUT2D eigenvalue weighted by molar-refractivity contribution is 0.442. The van der Waals surface area contributed by atoms with Gasteiger partial charge < -0.3 is 5.11 Å². The molecule has 0 radical (unpaired) electrons. The maximum absolute atomic E-state index is 10.3. The van der Waals surface area contributed by atoms with Gasteiger partial charge in [-0.2, -0.15) is 11.8 Å². The van der Waals surface area contributed by atoms with E-state index in [0.717, 1.165) is 16.9 Å². The van der Waals surface area contributed by atoms with Crippen molar-refractivity contribution >= 4 is 11.8 Å². The summed E-state index contributed by atoms with van der Waals surface area (Å²) in [6.45, 7) is 10.8. The molecule has 0 aliphatic carbocycles. The first kappa shape index (κ1) is 19.4. The number of benzene rings is 1. The van der Waals surface area contributed by atoms with Crippen molar-refractivity contribution in [3.05, 3.63) is 28.8 Å². The van der Waals surface area contributed by atoms with Crippen LogP contribution in [-0.4, -0.2) is 10.9 Å². The fraction of sp³-hybridized carbons (Fsp3) is 0.700. The number of unbranched alkanes of at least 4 members (excludes halogenated alkanes) is 5. The lowest BCUT2D eigenvalue weighted by Crippen LogP contribution is -2.12. The van der Waals surface area contributed by atoms with E-state index in [9.17, 15) is 5.11 Å². The van der Waals surface area contributed by atoms with Crippen LogP contribution in [-0.2, 0) is 11.2 Å². The number of phenolic OH excluding ortho intramolecular Hbond substituents is 1. The summed E-state index contributed by atoms with van der Waals surface area (Å²) >= 11 is 2.02. The molecule has 0 fully saturated rings. The molecule has 0 bridgehead atoms. The van der Waals surface area contributed by atoms with Gasteiger partial charge in [-0.05, 0) is 41.2 Å². The van der Waals surface area contributed by atoms with Gasteiger partial charge in [0.2, 0.25) is 0 Å². The number of phenols is 1.